The molecule has 0 aliphatic heterocycles. The van der Waals surface area contributed by atoms with Crippen molar-refractivity contribution in [1.82, 2.24) is 14.7 Å². The van der Waals surface area contributed by atoms with Gasteiger partial charge in [0.05, 0.1) is 52.7 Å². The van der Waals surface area contributed by atoms with Crippen LogP contribution in [0.5, 0.6) is 0 Å². The summed E-state index contributed by atoms with van der Waals surface area (Å²) in [6.07, 6.45) is -0.237. The molecule has 0 fully saturated rings. The van der Waals surface area contributed by atoms with Crippen LogP contribution < -0.4 is 0 Å². The molecule has 0 aliphatic carbocycles. The monoisotopic (exact) mass is 893 g/mol. The number of ether oxygens (including phenoxy) is 5. The molecule has 0 saturated heterocycles. The van der Waals surface area contributed by atoms with Gasteiger partial charge < -0.3 is 37.8 Å². The third-order valence-electron chi connectivity index (χ3n) is 8.56. The van der Waals surface area contributed by atoms with Crippen molar-refractivity contribution in [3.8, 4) is 0 Å². The first-order valence-corrected chi connectivity index (χ1v) is 22.9. The lowest BCUT2D eigenvalue weighted by Gasteiger charge is -2.35. The van der Waals surface area contributed by atoms with Gasteiger partial charge in [0.1, 0.15) is 35.2 Å². The number of rotatable bonds is 28. The van der Waals surface area contributed by atoms with E-state index in [2.05, 4.69) is 0 Å². The molecule has 62 heavy (non-hydrogen) atoms. The van der Waals surface area contributed by atoms with Gasteiger partial charge in [-0.05, 0) is 87.3 Å². The van der Waals surface area contributed by atoms with E-state index in [9.17, 15) is 28.8 Å². The Morgan fingerprint density at radius 2 is 0.984 bits per heavy atom. The van der Waals surface area contributed by atoms with Crippen LogP contribution in [0.3, 0.4) is 0 Å². The Labute approximate surface area is 369 Å². The highest BCUT2D eigenvalue weighted by Crippen LogP contribution is 2.48. The predicted octanol–water partition coefficient (Wildman–Crippen LogP) is 6.40. The van der Waals surface area contributed by atoms with Gasteiger partial charge >= 0.3 is 31.5 Å². The molecule has 350 valence electrons. The maximum atomic E-state index is 14.1. The third-order valence-corrected chi connectivity index (χ3v) is 10.6. The highest BCUT2D eigenvalue weighted by Gasteiger charge is 2.36. The third kappa shape index (κ3) is 23.1. The van der Waals surface area contributed by atoms with E-state index in [1.807, 2.05) is 60.7 Å². The smallest absolute Gasteiger partial charge is 0.344 e. The molecule has 0 bridgehead atoms. The summed E-state index contributed by atoms with van der Waals surface area (Å²) >= 11 is 0. The Hall–Kier alpha value is -3.73. The summed E-state index contributed by atoms with van der Waals surface area (Å²) < 4.78 is 54.6. The second-order valence-corrected chi connectivity index (χ2v) is 19.7. The fourth-order valence-corrected chi connectivity index (χ4v) is 7.87. The van der Waals surface area contributed by atoms with Crippen LogP contribution in [0.1, 0.15) is 87.3 Å². The summed E-state index contributed by atoms with van der Waals surface area (Å²) in [6, 6.07) is 16.3. The Morgan fingerprint density at radius 1 is 0.597 bits per heavy atom. The average molecular weight is 894 g/mol. The minimum Gasteiger partial charge on any atom is -0.480 e. The molecule has 17 heteroatoms. The normalized spacial score (nSPS) is 13.6. The maximum Gasteiger partial charge on any atom is 0.344 e. The van der Waals surface area contributed by atoms with Gasteiger partial charge in [-0.3, -0.25) is 38.4 Å². The molecule has 2 atom stereocenters. The van der Waals surface area contributed by atoms with Crippen molar-refractivity contribution in [2.24, 2.45) is 0 Å². The van der Waals surface area contributed by atoms with Crippen LogP contribution in [0.2, 0.25) is 0 Å². The molecule has 0 heterocycles. The van der Waals surface area contributed by atoms with Gasteiger partial charge in [0.15, 0.2) is 0 Å². The molecule has 2 aromatic rings. The van der Waals surface area contributed by atoms with Crippen LogP contribution in [-0.2, 0) is 69.7 Å². The van der Waals surface area contributed by atoms with Gasteiger partial charge in [-0.25, -0.2) is 0 Å². The van der Waals surface area contributed by atoms with E-state index in [-0.39, 0.29) is 78.7 Å². The molecule has 0 amide bonds. The summed E-state index contributed by atoms with van der Waals surface area (Å²) in [6.45, 7) is 18.4. The van der Waals surface area contributed by atoms with Crippen molar-refractivity contribution in [1.29, 1.82) is 0 Å². The molecule has 2 rings (SSSR count). The molecule has 1 N–H and O–H groups in total. The molecule has 0 spiro atoms. The van der Waals surface area contributed by atoms with Crippen molar-refractivity contribution in [2.75, 3.05) is 72.0 Å². The van der Waals surface area contributed by atoms with Crippen molar-refractivity contribution < 1.29 is 61.6 Å². The second-order valence-electron chi connectivity index (χ2n) is 17.7. The van der Waals surface area contributed by atoms with Crippen molar-refractivity contribution >= 4 is 31.5 Å². The Balaban J connectivity index is 2.56. The van der Waals surface area contributed by atoms with Crippen LogP contribution in [-0.4, -0.2) is 145 Å². The lowest BCUT2D eigenvalue weighted by atomic mass is 10.1. The highest BCUT2D eigenvalue weighted by molar-refractivity contribution is 7.53. The molecule has 0 radical (unpaired) electrons. The van der Waals surface area contributed by atoms with E-state index in [0.29, 0.717) is 0 Å². The minimum atomic E-state index is -3.77. The molecule has 0 aromatic heterocycles. The number of carboxylic acid groups (broad SMARTS) is 1. The van der Waals surface area contributed by atoms with Crippen LogP contribution in [0.4, 0.5) is 0 Å². The largest absolute Gasteiger partial charge is 0.480 e. The molecule has 2 aromatic carbocycles. The number of carboxylic acids is 1. The van der Waals surface area contributed by atoms with Crippen molar-refractivity contribution in [3.63, 3.8) is 0 Å². The van der Waals surface area contributed by atoms with Gasteiger partial charge in [-0.15, -0.1) is 0 Å². The van der Waals surface area contributed by atoms with Gasteiger partial charge in [0, 0.05) is 26.2 Å². The number of aliphatic carboxylic acids is 1. The number of nitrogens with zero attached hydrogens (tertiary/aromatic N) is 3. The number of hydrogen-bond donors (Lipinski definition) is 1. The molecule has 0 saturated carbocycles. The molecule has 16 nitrogen and oxygen atoms in total. The fraction of sp³-hybridized carbons (Fsp3) is 0.644. The highest BCUT2D eigenvalue weighted by atomic mass is 31.2. The summed E-state index contributed by atoms with van der Waals surface area (Å²) in [7, 11) is -3.77. The summed E-state index contributed by atoms with van der Waals surface area (Å²) in [5, 5.41) is 10.5. The van der Waals surface area contributed by atoms with Gasteiger partial charge in [0.2, 0.25) is 0 Å². The number of benzene rings is 2. The lowest BCUT2D eigenvalue weighted by molar-refractivity contribution is -0.167. The summed E-state index contributed by atoms with van der Waals surface area (Å²) in [5.41, 5.74) is -0.820. The number of carbonyl (C=O) groups excluding carboxylic acids is 3. The fourth-order valence-electron chi connectivity index (χ4n) is 6.07. The number of hydrogen-bond acceptors (Lipinski definition) is 15. The van der Waals surface area contributed by atoms with Crippen molar-refractivity contribution in [3.05, 3.63) is 71.8 Å². The van der Waals surface area contributed by atoms with Crippen LogP contribution in [0.25, 0.3) is 0 Å². The van der Waals surface area contributed by atoms with E-state index in [1.54, 1.807) is 86.0 Å². The molecular weight excluding hydrogens is 821 g/mol. The summed E-state index contributed by atoms with van der Waals surface area (Å²) in [5.74, 6) is -3.09. The zero-order chi connectivity index (χ0) is 46.6. The zero-order valence-electron chi connectivity index (χ0n) is 38.8. The minimum absolute atomic E-state index is 0.0186. The van der Waals surface area contributed by atoms with E-state index in [1.165, 1.54) is 4.90 Å². The van der Waals surface area contributed by atoms with Crippen LogP contribution in [0.15, 0.2) is 60.7 Å². The first-order valence-electron chi connectivity index (χ1n) is 21.1. The van der Waals surface area contributed by atoms with Crippen LogP contribution in [0, 0.1) is 0 Å². The van der Waals surface area contributed by atoms with Gasteiger partial charge in [-0.1, -0.05) is 60.7 Å². The van der Waals surface area contributed by atoms with Crippen LogP contribution >= 0.6 is 7.60 Å². The Kier molecular flexibility index (Phi) is 22.9. The molecule has 0 aliphatic rings. The Bertz CT molecular complexity index is 1680. The SMILES string of the molecule is CCOP(=O)(CN(CCN(CC(=O)OC(C)(C)C)[C@H](COCc1ccccc1)C(=O)O)CCN(CC(=O)OC(C)(C)C)[C@@H](COCc1ccccc1)C(=O)OC(C)(C)C)OCC. The number of esters is 3. The topological polar surface area (TPSA) is 180 Å². The first-order chi connectivity index (χ1) is 28.9. The average Bonchev–Trinajstić information content (AvgIpc) is 3.14. The van der Waals surface area contributed by atoms with E-state index >= 15 is 0 Å². The first kappa shape index (κ1) is 54.4. The number of carbonyl (C=O) groups is 4. The molecular formula is C45H72N3O13P. The lowest BCUT2D eigenvalue weighted by Crippen LogP contribution is -2.53. The zero-order valence-corrected chi connectivity index (χ0v) is 39.7. The van der Waals surface area contributed by atoms with E-state index < -0.39 is 66.9 Å². The van der Waals surface area contributed by atoms with Gasteiger partial charge in [-0.2, -0.15) is 0 Å². The van der Waals surface area contributed by atoms with E-state index in [0.717, 1.165) is 11.1 Å². The maximum absolute atomic E-state index is 14.1. The second kappa shape index (κ2) is 26.2. The van der Waals surface area contributed by atoms with Gasteiger partial charge in [0.25, 0.3) is 0 Å². The Morgan fingerprint density at radius 3 is 1.35 bits per heavy atom. The quantitative estimate of drug-likeness (QED) is 0.0563. The summed E-state index contributed by atoms with van der Waals surface area (Å²) in [4.78, 5) is 58.3. The standard InChI is InChI=1S/C45H72N3O13P/c1-12-57-62(54,58-13-2)34-46(24-26-47(28-39(49)59-43(3,4)5)37(41(51)52)32-55-30-35-20-16-14-17-21-35)25-27-48(29-40(50)60-44(6,7)8)38(42(53)61-45(9,10)11)33-56-31-36-22-18-15-19-23-36/h14-23,37-38H,12-13,24-34H2,1-11H3,(H,51,52)/t37-,38+/m1/s1. The predicted molar refractivity (Wildman–Crippen MR) is 235 cm³/mol. The van der Waals surface area contributed by atoms with Crippen molar-refractivity contribution in [2.45, 2.75) is 118 Å². The van der Waals surface area contributed by atoms with E-state index in [4.69, 9.17) is 32.7 Å². The molecule has 0 unspecified atom stereocenters.